The molecule has 25 heavy (non-hydrogen) atoms. The lowest BCUT2D eigenvalue weighted by Gasteiger charge is -2.34. The Morgan fingerprint density at radius 3 is 2.32 bits per heavy atom. The predicted octanol–water partition coefficient (Wildman–Crippen LogP) is 5.33. The van der Waals surface area contributed by atoms with E-state index in [1.165, 1.54) is 0 Å². The summed E-state index contributed by atoms with van der Waals surface area (Å²) in [5.41, 5.74) is -0.125. The minimum absolute atomic E-state index is 0.0512. The summed E-state index contributed by atoms with van der Waals surface area (Å²) < 4.78 is 6.10. The zero-order valence-electron chi connectivity index (χ0n) is 16.3. The fraction of sp³-hybridized carbons (Fsp3) is 0.500. The minimum atomic E-state index is -0.495. The largest absolute Gasteiger partial charge is 0.480 e. The first-order chi connectivity index (χ1) is 11.6. The van der Waals surface area contributed by atoms with E-state index < -0.39 is 6.10 Å². The molecule has 0 saturated heterocycles. The van der Waals surface area contributed by atoms with E-state index in [9.17, 15) is 4.79 Å². The third-order valence-corrected chi connectivity index (χ3v) is 4.12. The normalized spacial score (nSPS) is 13.5. The van der Waals surface area contributed by atoms with Gasteiger partial charge in [0.2, 0.25) is 0 Å². The molecular weight excluding hydrogens is 310 g/mol. The molecule has 1 atom stereocenters. The molecule has 2 aromatic rings. The number of amides is 1. The Morgan fingerprint density at radius 1 is 1.04 bits per heavy atom. The van der Waals surface area contributed by atoms with Gasteiger partial charge in [-0.05, 0) is 43.6 Å². The second-order valence-electron chi connectivity index (χ2n) is 8.60. The SMILES string of the molecule is CC[C@H](Oc1cccc2ccccc12)C(=O)NC(C)(C)CC(C)(C)C. The van der Waals surface area contributed by atoms with Crippen LogP contribution in [0, 0.1) is 5.41 Å². The standard InChI is InChI=1S/C22H31NO2/c1-7-18(20(24)23-22(5,6)15-21(2,3)4)25-19-14-10-12-16-11-8-9-13-17(16)19/h8-14,18H,7,15H2,1-6H3,(H,23,24)/t18-/m0/s1. The topological polar surface area (TPSA) is 38.3 Å². The summed E-state index contributed by atoms with van der Waals surface area (Å²) in [5.74, 6) is 0.707. The van der Waals surface area contributed by atoms with E-state index in [0.717, 1.165) is 22.9 Å². The summed E-state index contributed by atoms with van der Waals surface area (Å²) in [7, 11) is 0. The van der Waals surface area contributed by atoms with Crippen LogP contribution in [0.25, 0.3) is 10.8 Å². The van der Waals surface area contributed by atoms with Crippen LogP contribution in [0.5, 0.6) is 5.75 Å². The monoisotopic (exact) mass is 341 g/mol. The molecule has 0 aliphatic carbocycles. The molecular formula is C22H31NO2. The summed E-state index contributed by atoms with van der Waals surface area (Å²) in [6.45, 7) is 12.7. The van der Waals surface area contributed by atoms with Gasteiger partial charge < -0.3 is 10.1 Å². The third kappa shape index (κ3) is 5.48. The van der Waals surface area contributed by atoms with E-state index in [2.05, 4.69) is 52.1 Å². The van der Waals surface area contributed by atoms with Gasteiger partial charge in [-0.15, -0.1) is 0 Å². The Morgan fingerprint density at radius 2 is 1.68 bits per heavy atom. The summed E-state index contributed by atoms with van der Waals surface area (Å²) in [6.07, 6.45) is 1.03. The van der Waals surface area contributed by atoms with Gasteiger partial charge in [0.15, 0.2) is 6.10 Å². The maximum Gasteiger partial charge on any atom is 0.261 e. The third-order valence-electron chi connectivity index (χ3n) is 4.12. The molecule has 0 saturated carbocycles. The molecule has 136 valence electrons. The van der Waals surface area contributed by atoms with Gasteiger partial charge >= 0.3 is 0 Å². The van der Waals surface area contributed by atoms with Crippen molar-refractivity contribution in [3.05, 3.63) is 42.5 Å². The highest BCUT2D eigenvalue weighted by atomic mass is 16.5. The summed E-state index contributed by atoms with van der Waals surface area (Å²) >= 11 is 0. The second kappa shape index (κ2) is 7.47. The molecule has 2 rings (SSSR count). The zero-order chi connectivity index (χ0) is 18.7. The van der Waals surface area contributed by atoms with E-state index in [4.69, 9.17) is 4.74 Å². The van der Waals surface area contributed by atoms with Gasteiger partial charge in [-0.1, -0.05) is 64.1 Å². The van der Waals surface area contributed by atoms with Crippen LogP contribution in [-0.2, 0) is 4.79 Å². The molecule has 0 unspecified atom stereocenters. The van der Waals surface area contributed by atoms with Crippen LogP contribution in [0.1, 0.15) is 54.4 Å². The molecule has 0 spiro atoms. The maximum absolute atomic E-state index is 12.8. The van der Waals surface area contributed by atoms with Crippen molar-refractivity contribution in [1.29, 1.82) is 0 Å². The Balaban J connectivity index is 2.15. The van der Waals surface area contributed by atoms with Crippen molar-refractivity contribution in [2.75, 3.05) is 0 Å². The van der Waals surface area contributed by atoms with Crippen molar-refractivity contribution in [3.8, 4) is 5.75 Å². The maximum atomic E-state index is 12.8. The number of rotatable bonds is 6. The van der Waals surface area contributed by atoms with Crippen molar-refractivity contribution >= 4 is 16.7 Å². The molecule has 2 aromatic carbocycles. The zero-order valence-corrected chi connectivity index (χ0v) is 16.3. The van der Waals surface area contributed by atoms with Crippen molar-refractivity contribution in [1.82, 2.24) is 5.32 Å². The fourth-order valence-electron chi connectivity index (χ4n) is 3.56. The van der Waals surface area contributed by atoms with E-state index in [1.54, 1.807) is 0 Å². The van der Waals surface area contributed by atoms with E-state index in [-0.39, 0.29) is 16.9 Å². The number of hydrogen-bond donors (Lipinski definition) is 1. The number of carbonyl (C=O) groups is 1. The number of ether oxygens (including phenoxy) is 1. The Kier molecular flexibility index (Phi) is 5.76. The van der Waals surface area contributed by atoms with Gasteiger partial charge in [-0.2, -0.15) is 0 Å². The molecule has 0 radical (unpaired) electrons. The van der Waals surface area contributed by atoms with Crippen molar-refractivity contribution in [3.63, 3.8) is 0 Å². The number of hydrogen-bond acceptors (Lipinski definition) is 2. The van der Waals surface area contributed by atoms with Crippen LogP contribution in [0.15, 0.2) is 42.5 Å². The summed E-state index contributed by atoms with van der Waals surface area (Å²) in [4.78, 5) is 12.8. The van der Waals surface area contributed by atoms with Gasteiger partial charge in [0.25, 0.3) is 5.91 Å². The van der Waals surface area contributed by atoms with Crippen LogP contribution in [-0.4, -0.2) is 17.6 Å². The van der Waals surface area contributed by atoms with Crippen LogP contribution in [0.2, 0.25) is 0 Å². The van der Waals surface area contributed by atoms with Gasteiger partial charge in [-0.25, -0.2) is 0 Å². The average molecular weight is 341 g/mol. The van der Waals surface area contributed by atoms with Gasteiger partial charge in [0.05, 0.1) is 0 Å². The summed E-state index contributed by atoms with van der Waals surface area (Å²) in [6, 6.07) is 14.0. The van der Waals surface area contributed by atoms with Crippen LogP contribution in [0.4, 0.5) is 0 Å². The quantitative estimate of drug-likeness (QED) is 0.771. The van der Waals surface area contributed by atoms with E-state index >= 15 is 0 Å². The highest BCUT2D eigenvalue weighted by Crippen LogP contribution is 2.28. The van der Waals surface area contributed by atoms with E-state index in [1.807, 2.05) is 37.3 Å². The highest BCUT2D eigenvalue weighted by Gasteiger charge is 2.30. The van der Waals surface area contributed by atoms with Crippen molar-refractivity contribution in [2.45, 2.75) is 66.0 Å². The molecule has 0 aromatic heterocycles. The Hall–Kier alpha value is -2.03. The molecule has 0 bridgehead atoms. The van der Waals surface area contributed by atoms with Crippen molar-refractivity contribution < 1.29 is 9.53 Å². The lowest BCUT2D eigenvalue weighted by atomic mass is 9.81. The number of carbonyl (C=O) groups excluding carboxylic acids is 1. The number of benzene rings is 2. The average Bonchev–Trinajstić information content (AvgIpc) is 2.49. The summed E-state index contributed by atoms with van der Waals surface area (Å²) in [5, 5.41) is 5.31. The predicted molar refractivity (Wildman–Crippen MR) is 105 cm³/mol. The van der Waals surface area contributed by atoms with Gasteiger partial charge in [0, 0.05) is 10.9 Å². The van der Waals surface area contributed by atoms with Crippen LogP contribution >= 0.6 is 0 Å². The number of nitrogens with one attached hydrogen (secondary N) is 1. The molecule has 3 heteroatoms. The first-order valence-corrected chi connectivity index (χ1v) is 9.08. The van der Waals surface area contributed by atoms with Gasteiger partial charge in [0.1, 0.15) is 5.75 Å². The van der Waals surface area contributed by atoms with Crippen LogP contribution < -0.4 is 10.1 Å². The highest BCUT2D eigenvalue weighted by molar-refractivity contribution is 5.89. The molecule has 0 heterocycles. The lowest BCUT2D eigenvalue weighted by molar-refractivity contribution is -0.130. The van der Waals surface area contributed by atoms with Gasteiger partial charge in [-0.3, -0.25) is 4.79 Å². The molecule has 3 nitrogen and oxygen atoms in total. The minimum Gasteiger partial charge on any atom is -0.480 e. The molecule has 0 aliphatic rings. The second-order valence-corrected chi connectivity index (χ2v) is 8.60. The smallest absolute Gasteiger partial charge is 0.261 e. The van der Waals surface area contributed by atoms with Crippen LogP contribution in [0.3, 0.4) is 0 Å². The van der Waals surface area contributed by atoms with E-state index in [0.29, 0.717) is 6.42 Å². The fourth-order valence-corrected chi connectivity index (χ4v) is 3.56. The van der Waals surface area contributed by atoms with Crippen molar-refractivity contribution in [2.24, 2.45) is 5.41 Å². The number of fused-ring (bicyclic) bond motifs is 1. The molecule has 1 N–H and O–H groups in total. The molecule has 0 aliphatic heterocycles. The molecule has 1 amide bonds. The Bertz CT molecular complexity index is 723. The lowest BCUT2D eigenvalue weighted by Crippen LogP contribution is -2.50. The Labute approximate surface area is 151 Å². The first-order valence-electron chi connectivity index (χ1n) is 9.08. The molecule has 0 fully saturated rings. The first kappa shape index (κ1) is 19.3.